The lowest BCUT2D eigenvalue weighted by atomic mass is 9.87. The van der Waals surface area contributed by atoms with Crippen LogP contribution in [0.2, 0.25) is 0 Å². The van der Waals surface area contributed by atoms with Crippen LogP contribution in [0.3, 0.4) is 0 Å². The largest absolute Gasteiger partial charge is 0.461 e. The predicted molar refractivity (Wildman–Crippen MR) is 168 cm³/mol. The maximum atomic E-state index is 14.4. The number of fused-ring (bicyclic) bond motifs is 2. The van der Waals surface area contributed by atoms with Gasteiger partial charge in [0.1, 0.15) is 48.8 Å². The van der Waals surface area contributed by atoms with Crippen LogP contribution < -0.4 is 10.6 Å². The number of esters is 1. The molecule has 0 aliphatic carbocycles. The van der Waals surface area contributed by atoms with Gasteiger partial charge in [0.25, 0.3) is 0 Å². The molecule has 4 heterocycles. The fourth-order valence-corrected chi connectivity index (χ4v) is 6.54. The Hall–Kier alpha value is -2.63. The minimum absolute atomic E-state index is 0.0218. The molecule has 0 radical (unpaired) electrons. The summed E-state index contributed by atoms with van der Waals surface area (Å²) in [6.07, 6.45) is -4.12. The van der Waals surface area contributed by atoms with E-state index < -0.39 is 102 Å². The molecule has 0 aromatic heterocycles. The first-order valence-electron chi connectivity index (χ1n) is 16.2. The number of nitrogens with one attached hydrogen (secondary N) is 2. The van der Waals surface area contributed by atoms with Crippen molar-refractivity contribution in [1.82, 2.24) is 10.6 Å². The van der Waals surface area contributed by atoms with Crippen molar-refractivity contribution in [2.45, 2.75) is 140 Å². The van der Waals surface area contributed by atoms with Crippen molar-refractivity contribution in [2.24, 2.45) is 5.92 Å². The molecule has 4 aliphatic heterocycles. The molecule has 48 heavy (non-hydrogen) atoms. The number of methoxy groups -OCH3 is 2. The van der Waals surface area contributed by atoms with Gasteiger partial charge in [-0.05, 0) is 54.9 Å². The van der Waals surface area contributed by atoms with Gasteiger partial charge in [0.05, 0.1) is 24.4 Å². The Morgan fingerprint density at radius 2 is 1.38 bits per heavy atom. The quantitative estimate of drug-likeness (QED) is 0.203. The summed E-state index contributed by atoms with van der Waals surface area (Å²) in [6, 6.07) is -2.00. The molecular weight excluding hydrogens is 632 g/mol. The molecule has 0 spiro atoms. The summed E-state index contributed by atoms with van der Waals surface area (Å²) in [7, 11) is 2.97. The molecule has 0 unspecified atom stereocenters. The van der Waals surface area contributed by atoms with Gasteiger partial charge in [-0.15, -0.1) is 6.58 Å². The standard InChI is InChI=1S/C33H52N2O13/c1-12-14-17(20(35-30(38)48-31(3,4)5)22-24(40-11)26-29(43-22)47-33(8,9)45-26)27(37)34-18(16-19(36)41-15-13-2)21-23(39-10)25-28(42-21)46-32(6,7)44-25/h12-13,17-18,20-26,28-29H,1-2,14-16H2,3-11H3,(H,34,37)(H,35,38)/t17-,18-,20-,21-,22-,23-,24-,25+,26+,28+,29+/m0/s1. The van der Waals surface area contributed by atoms with Crippen LogP contribution >= 0.6 is 0 Å². The van der Waals surface area contributed by atoms with E-state index in [-0.39, 0.29) is 19.4 Å². The van der Waals surface area contributed by atoms with Crippen LogP contribution in [0.15, 0.2) is 25.3 Å². The lowest BCUT2D eigenvalue weighted by Gasteiger charge is -2.36. The van der Waals surface area contributed by atoms with Crippen LogP contribution in [0.5, 0.6) is 0 Å². The Balaban J connectivity index is 1.65. The number of hydrogen-bond acceptors (Lipinski definition) is 13. The molecule has 0 aromatic carbocycles. The van der Waals surface area contributed by atoms with E-state index in [1.807, 2.05) is 0 Å². The van der Waals surface area contributed by atoms with Crippen molar-refractivity contribution in [3.8, 4) is 0 Å². The first-order chi connectivity index (χ1) is 22.4. The molecule has 4 aliphatic rings. The normalized spacial score (nSPS) is 33.5. The minimum atomic E-state index is -1.04. The van der Waals surface area contributed by atoms with Gasteiger partial charge in [0, 0.05) is 14.2 Å². The molecule has 0 bridgehead atoms. The summed E-state index contributed by atoms with van der Waals surface area (Å²) in [5, 5.41) is 5.81. The molecule has 15 heteroatoms. The Labute approximate surface area is 282 Å². The Morgan fingerprint density at radius 1 is 0.833 bits per heavy atom. The Kier molecular flexibility index (Phi) is 12.0. The highest BCUT2D eigenvalue weighted by atomic mass is 16.9. The molecule has 2 amide bonds. The molecule has 11 atom stereocenters. The summed E-state index contributed by atoms with van der Waals surface area (Å²) >= 11 is 0. The van der Waals surface area contributed by atoms with Gasteiger partial charge in [-0.1, -0.05) is 18.7 Å². The van der Waals surface area contributed by atoms with Crippen LogP contribution in [0.4, 0.5) is 4.79 Å². The van der Waals surface area contributed by atoms with Gasteiger partial charge in [0.15, 0.2) is 24.2 Å². The number of allylic oxidation sites excluding steroid dienone is 1. The third kappa shape index (κ3) is 8.93. The monoisotopic (exact) mass is 684 g/mol. The van der Waals surface area contributed by atoms with E-state index in [0.29, 0.717) is 0 Å². The molecule has 0 saturated carbocycles. The molecule has 15 nitrogen and oxygen atoms in total. The second-order valence-electron chi connectivity index (χ2n) is 14.1. The minimum Gasteiger partial charge on any atom is -0.461 e. The third-order valence-electron chi connectivity index (χ3n) is 8.30. The smallest absolute Gasteiger partial charge is 0.407 e. The van der Waals surface area contributed by atoms with Gasteiger partial charge in [-0.3, -0.25) is 9.59 Å². The molecule has 272 valence electrons. The van der Waals surface area contributed by atoms with Crippen LogP contribution in [-0.4, -0.2) is 117 Å². The lowest BCUT2D eigenvalue weighted by Crippen LogP contribution is -2.59. The van der Waals surface area contributed by atoms with E-state index in [1.165, 1.54) is 20.3 Å². The highest BCUT2D eigenvalue weighted by molar-refractivity contribution is 5.82. The fourth-order valence-electron chi connectivity index (χ4n) is 6.54. The molecule has 2 N–H and O–H groups in total. The van der Waals surface area contributed by atoms with Crippen LogP contribution in [-0.2, 0) is 57.0 Å². The summed E-state index contributed by atoms with van der Waals surface area (Å²) in [4.78, 5) is 40.6. The van der Waals surface area contributed by atoms with Gasteiger partial charge >= 0.3 is 12.1 Å². The zero-order valence-electron chi connectivity index (χ0n) is 29.3. The van der Waals surface area contributed by atoms with Crippen LogP contribution in [0.25, 0.3) is 0 Å². The average Bonchev–Trinajstić information content (AvgIpc) is 3.65. The SMILES string of the molecule is C=CCOC(=O)C[C@H](NC(=O)[C@@H](CC=C)[C@H](NC(=O)OC(C)(C)C)[C@@H]1O[C@@H]2OC(C)(C)O[C@@H]2[C@H]1OC)[C@@H]1O[C@@H]2OC(C)(C)O[C@@H]2[C@H]1OC. The number of carbonyl (C=O) groups excluding carboxylic acids is 3. The molecule has 4 saturated heterocycles. The van der Waals surface area contributed by atoms with E-state index in [0.717, 1.165) is 0 Å². The number of amides is 2. The summed E-state index contributed by atoms with van der Waals surface area (Å²) in [6.45, 7) is 19.6. The number of carbonyl (C=O) groups is 3. The zero-order chi connectivity index (χ0) is 35.6. The van der Waals surface area contributed by atoms with Crippen LogP contribution in [0.1, 0.15) is 61.3 Å². The van der Waals surface area contributed by atoms with Gasteiger partial charge in [-0.2, -0.15) is 0 Å². The topological polar surface area (TPSA) is 168 Å². The Bertz CT molecular complexity index is 1190. The highest BCUT2D eigenvalue weighted by Gasteiger charge is 2.60. The second kappa shape index (κ2) is 15.1. The molecule has 4 fully saturated rings. The third-order valence-corrected chi connectivity index (χ3v) is 8.30. The molecule has 0 aromatic rings. The van der Waals surface area contributed by atoms with E-state index in [2.05, 4.69) is 23.8 Å². The van der Waals surface area contributed by atoms with Gasteiger partial charge in [0.2, 0.25) is 5.91 Å². The van der Waals surface area contributed by atoms with Crippen LogP contribution in [0, 0.1) is 5.92 Å². The van der Waals surface area contributed by atoms with E-state index in [4.69, 9.17) is 47.4 Å². The predicted octanol–water partition coefficient (Wildman–Crippen LogP) is 2.46. The van der Waals surface area contributed by atoms with Crippen molar-refractivity contribution in [1.29, 1.82) is 0 Å². The van der Waals surface area contributed by atoms with Crippen molar-refractivity contribution >= 4 is 18.0 Å². The number of hydrogen-bond donors (Lipinski definition) is 2. The van der Waals surface area contributed by atoms with E-state index in [1.54, 1.807) is 54.5 Å². The first kappa shape index (κ1) is 38.2. The molecular formula is C33H52N2O13. The average molecular weight is 685 g/mol. The highest BCUT2D eigenvalue weighted by Crippen LogP contribution is 2.42. The number of alkyl carbamates (subject to hydrolysis) is 1. The summed E-state index contributed by atoms with van der Waals surface area (Å²) in [5.74, 6) is -4.02. The van der Waals surface area contributed by atoms with E-state index >= 15 is 0 Å². The Morgan fingerprint density at radius 3 is 1.88 bits per heavy atom. The van der Waals surface area contributed by atoms with E-state index in [9.17, 15) is 14.4 Å². The number of rotatable bonds is 14. The molecule has 4 rings (SSSR count). The summed E-state index contributed by atoms with van der Waals surface area (Å²) in [5.41, 5.74) is -0.836. The van der Waals surface area contributed by atoms with Crippen molar-refractivity contribution in [3.05, 3.63) is 25.3 Å². The van der Waals surface area contributed by atoms with Crippen molar-refractivity contribution < 1.29 is 61.8 Å². The fraction of sp³-hybridized carbons (Fsp3) is 0.788. The van der Waals surface area contributed by atoms with Gasteiger partial charge in [-0.25, -0.2) is 4.79 Å². The zero-order valence-corrected chi connectivity index (χ0v) is 29.3. The maximum Gasteiger partial charge on any atom is 0.407 e. The lowest BCUT2D eigenvalue weighted by molar-refractivity contribution is -0.222. The maximum absolute atomic E-state index is 14.4. The van der Waals surface area contributed by atoms with Gasteiger partial charge < -0.3 is 58.0 Å². The van der Waals surface area contributed by atoms with Crippen molar-refractivity contribution in [2.75, 3.05) is 20.8 Å². The number of ether oxygens (including phenoxy) is 10. The summed E-state index contributed by atoms with van der Waals surface area (Å²) < 4.78 is 58.9. The first-order valence-corrected chi connectivity index (χ1v) is 16.2. The second-order valence-corrected chi connectivity index (χ2v) is 14.1. The van der Waals surface area contributed by atoms with Crippen molar-refractivity contribution in [3.63, 3.8) is 0 Å².